The first-order chi connectivity index (χ1) is 8.58. The largest absolute Gasteiger partial charge is 0.383 e. The lowest BCUT2D eigenvalue weighted by atomic mass is 10.0. The van der Waals surface area contributed by atoms with E-state index in [2.05, 4.69) is 36.7 Å². The topological polar surface area (TPSA) is 12.5 Å². The monoisotopic (exact) mass is 281 g/mol. The van der Waals surface area contributed by atoms with Gasteiger partial charge in [0.2, 0.25) is 0 Å². The van der Waals surface area contributed by atoms with E-state index in [-0.39, 0.29) is 6.10 Å². The van der Waals surface area contributed by atoms with Crippen LogP contribution < -0.4 is 0 Å². The maximum Gasteiger partial charge on any atom is 0.377 e. The van der Waals surface area contributed by atoms with Crippen LogP contribution in [0.4, 0.5) is 0 Å². The van der Waals surface area contributed by atoms with E-state index < -0.39 is 7.79 Å². The zero-order valence-corrected chi connectivity index (χ0v) is 12.9. The molecule has 0 saturated carbocycles. The van der Waals surface area contributed by atoms with Crippen molar-refractivity contribution in [3.8, 4) is 0 Å². The summed E-state index contributed by atoms with van der Waals surface area (Å²) in [6.07, 6.45) is 4.23. The molecule has 0 aromatic heterocycles. The fourth-order valence-corrected chi connectivity index (χ4v) is 5.89. The van der Waals surface area contributed by atoms with E-state index in [9.17, 15) is 0 Å². The van der Waals surface area contributed by atoms with Crippen molar-refractivity contribution in [1.82, 2.24) is 4.57 Å². The summed E-state index contributed by atoms with van der Waals surface area (Å²) in [5.74, 6) is 0. The van der Waals surface area contributed by atoms with Crippen LogP contribution in [0.5, 0.6) is 0 Å². The number of allylic oxidation sites excluding steroid dienone is 2. The number of benzene rings is 1. The molecule has 4 heteroatoms. The summed E-state index contributed by atoms with van der Waals surface area (Å²) in [5.41, 5.74) is 1.22. The third-order valence-corrected chi connectivity index (χ3v) is 7.96. The predicted octanol–water partition coefficient (Wildman–Crippen LogP) is 3.83. The average molecular weight is 282 g/mol. The van der Waals surface area contributed by atoms with Crippen LogP contribution in [0.25, 0.3) is 0 Å². The van der Waals surface area contributed by atoms with Crippen molar-refractivity contribution >= 4 is 18.9 Å². The van der Waals surface area contributed by atoms with Crippen LogP contribution in [-0.4, -0.2) is 25.4 Å². The van der Waals surface area contributed by atoms with Gasteiger partial charge in [0.1, 0.15) is 0 Å². The molecule has 1 unspecified atom stereocenters. The van der Waals surface area contributed by atoms with Gasteiger partial charge in [0.15, 0.2) is 0 Å². The van der Waals surface area contributed by atoms with Gasteiger partial charge in [0.25, 0.3) is 0 Å². The highest BCUT2D eigenvalue weighted by Crippen LogP contribution is 2.41. The SMILES string of the molecule is C/C=C/C[Si]1(Cl)O[C@H](c2ccccc2)[C@@H](C)N1C. The first kappa shape index (κ1) is 13.8. The molecule has 2 nitrogen and oxygen atoms in total. The molecular weight excluding hydrogens is 262 g/mol. The van der Waals surface area contributed by atoms with Crippen molar-refractivity contribution < 1.29 is 4.43 Å². The van der Waals surface area contributed by atoms with Gasteiger partial charge in [-0.2, -0.15) is 0 Å². The summed E-state index contributed by atoms with van der Waals surface area (Å²) in [4.78, 5) is 0. The van der Waals surface area contributed by atoms with E-state index in [4.69, 9.17) is 15.5 Å². The Balaban J connectivity index is 2.22. The fraction of sp³-hybridized carbons (Fsp3) is 0.429. The Kier molecular flexibility index (Phi) is 4.28. The highest BCUT2D eigenvalue weighted by atomic mass is 35.6. The Labute approximate surface area is 115 Å². The first-order valence-corrected chi connectivity index (χ1v) is 9.41. The summed E-state index contributed by atoms with van der Waals surface area (Å²) in [6.45, 7) is 4.20. The molecule has 1 fully saturated rings. The summed E-state index contributed by atoms with van der Waals surface area (Å²) >= 11 is 6.73. The average Bonchev–Trinajstić information content (AvgIpc) is 2.63. The third-order valence-electron chi connectivity index (χ3n) is 3.62. The zero-order chi connectivity index (χ0) is 13.2. The number of nitrogens with zero attached hydrogens (tertiary/aromatic N) is 1. The van der Waals surface area contributed by atoms with Crippen molar-refractivity contribution in [1.29, 1.82) is 0 Å². The molecule has 1 heterocycles. The second-order valence-electron chi connectivity index (χ2n) is 4.76. The van der Waals surface area contributed by atoms with E-state index in [0.717, 1.165) is 6.04 Å². The Bertz CT molecular complexity index is 425. The Morgan fingerprint density at radius 2 is 2.06 bits per heavy atom. The molecule has 0 aliphatic carbocycles. The van der Waals surface area contributed by atoms with Crippen molar-refractivity contribution in [3.05, 3.63) is 48.0 Å². The number of hydrogen-bond acceptors (Lipinski definition) is 2. The Morgan fingerprint density at radius 3 is 2.67 bits per heavy atom. The van der Waals surface area contributed by atoms with Crippen LogP contribution in [-0.2, 0) is 4.43 Å². The van der Waals surface area contributed by atoms with E-state index in [1.54, 1.807) is 0 Å². The second kappa shape index (κ2) is 5.57. The lowest BCUT2D eigenvalue weighted by Crippen LogP contribution is -2.44. The van der Waals surface area contributed by atoms with Crippen LogP contribution in [0.2, 0.25) is 6.04 Å². The number of halogens is 1. The van der Waals surface area contributed by atoms with E-state index in [0.29, 0.717) is 6.04 Å². The van der Waals surface area contributed by atoms with Crippen LogP contribution in [0.1, 0.15) is 25.5 Å². The maximum atomic E-state index is 6.73. The molecule has 3 atom stereocenters. The van der Waals surface area contributed by atoms with Crippen molar-refractivity contribution in [2.45, 2.75) is 32.0 Å². The Morgan fingerprint density at radius 1 is 1.39 bits per heavy atom. The van der Waals surface area contributed by atoms with E-state index in [1.807, 2.05) is 31.2 Å². The van der Waals surface area contributed by atoms with Gasteiger partial charge in [-0.05, 0) is 26.5 Å². The molecule has 0 amide bonds. The summed E-state index contributed by atoms with van der Waals surface area (Å²) in [6, 6.07) is 11.5. The van der Waals surface area contributed by atoms with Gasteiger partial charge in [0.05, 0.1) is 6.10 Å². The highest BCUT2D eigenvalue weighted by Gasteiger charge is 2.51. The standard InChI is InChI=1S/C14H20ClNOSi/c1-4-5-11-18(15)16(3)12(2)14(17-18)13-9-7-6-8-10-13/h4-10,12,14H,11H2,1-3H3/b5-4+/t12-,14+,18?/m1/s1. The smallest absolute Gasteiger partial charge is 0.377 e. The fourth-order valence-electron chi connectivity index (χ4n) is 2.33. The van der Waals surface area contributed by atoms with Crippen molar-refractivity contribution in [3.63, 3.8) is 0 Å². The molecule has 0 radical (unpaired) electrons. The first-order valence-electron chi connectivity index (χ1n) is 6.34. The van der Waals surface area contributed by atoms with Crippen LogP contribution in [0.15, 0.2) is 42.5 Å². The molecular formula is C14H20ClNOSi. The van der Waals surface area contributed by atoms with Gasteiger partial charge in [-0.1, -0.05) is 42.5 Å². The van der Waals surface area contributed by atoms with Crippen LogP contribution in [0.3, 0.4) is 0 Å². The maximum absolute atomic E-state index is 6.73. The second-order valence-corrected chi connectivity index (χ2v) is 9.26. The lowest BCUT2D eigenvalue weighted by molar-refractivity contribution is 0.207. The van der Waals surface area contributed by atoms with Gasteiger partial charge in [-0.25, -0.2) is 0 Å². The minimum atomic E-state index is -2.30. The minimum Gasteiger partial charge on any atom is -0.383 e. The number of likely N-dealkylation sites (N-methyl/N-ethyl adjacent to an activating group) is 1. The molecule has 0 N–H and O–H groups in total. The molecule has 0 bridgehead atoms. The number of rotatable bonds is 3. The molecule has 98 valence electrons. The summed E-state index contributed by atoms with van der Waals surface area (Å²) in [5, 5.41) is 0. The van der Waals surface area contributed by atoms with E-state index >= 15 is 0 Å². The molecule has 1 aliphatic rings. The zero-order valence-electron chi connectivity index (χ0n) is 11.1. The van der Waals surface area contributed by atoms with Gasteiger partial charge in [-0.3, -0.25) is 4.57 Å². The highest BCUT2D eigenvalue weighted by molar-refractivity contribution is 7.15. The molecule has 1 saturated heterocycles. The number of hydrogen-bond donors (Lipinski definition) is 0. The molecule has 0 spiro atoms. The summed E-state index contributed by atoms with van der Waals surface area (Å²) in [7, 11) is -0.221. The predicted molar refractivity (Wildman–Crippen MR) is 78.7 cm³/mol. The van der Waals surface area contributed by atoms with Crippen LogP contribution in [0, 0.1) is 0 Å². The normalized spacial score (nSPS) is 33.3. The Hall–Kier alpha value is -0.613. The summed E-state index contributed by atoms with van der Waals surface area (Å²) < 4.78 is 8.48. The van der Waals surface area contributed by atoms with Crippen molar-refractivity contribution in [2.24, 2.45) is 0 Å². The molecule has 18 heavy (non-hydrogen) atoms. The van der Waals surface area contributed by atoms with Gasteiger partial charge in [0, 0.05) is 12.1 Å². The van der Waals surface area contributed by atoms with Crippen LogP contribution >= 0.6 is 11.1 Å². The quantitative estimate of drug-likeness (QED) is 0.474. The molecule has 1 aliphatic heterocycles. The van der Waals surface area contributed by atoms with Gasteiger partial charge >= 0.3 is 7.79 Å². The molecule has 1 aromatic carbocycles. The van der Waals surface area contributed by atoms with Gasteiger partial charge in [-0.15, -0.1) is 11.1 Å². The third kappa shape index (κ3) is 2.54. The van der Waals surface area contributed by atoms with Gasteiger partial charge < -0.3 is 4.43 Å². The van der Waals surface area contributed by atoms with E-state index in [1.165, 1.54) is 5.56 Å². The lowest BCUT2D eigenvalue weighted by Gasteiger charge is -2.25. The minimum absolute atomic E-state index is 0.0885. The molecule has 2 rings (SSSR count). The van der Waals surface area contributed by atoms with Crippen molar-refractivity contribution in [2.75, 3.05) is 7.05 Å². The molecule has 1 aromatic rings.